The van der Waals surface area contributed by atoms with Gasteiger partial charge < -0.3 is 10.4 Å². The Labute approximate surface area is 100 Å². The molecule has 1 aliphatic heterocycles. The van der Waals surface area contributed by atoms with E-state index in [-0.39, 0.29) is 11.4 Å². The van der Waals surface area contributed by atoms with Crippen LogP contribution in [0.15, 0.2) is 24.3 Å². The van der Waals surface area contributed by atoms with Crippen LogP contribution in [-0.2, 0) is 10.2 Å². The van der Waals surface area contributed by atoms with Crippen LogP contribution in [-0.4, -0.2) is 44.0 Å². The number of benzene rings is 1. The van der Waals surface area contributed by atoms with Crippen molar-refractivity contribution in [3.63, 3.8) is 0 Å². The summed E-state index contributed by atoms with van der Waals surface area (Å²) >= 11 is 0. The van der Waals surface area contributed by atoms with Crippen LogP contribution in [0.25, 0.3) is 0 Å². The van der Waals surface area contributed by atoms with E-state index >= 15 is 0 Å². The zero-order valence-electron chi connectivity index (χ0n) is 9.26. The third-order valence-corrected chi connectivity index (χ3v) is 4.08. The van der Waals surface area contributed by atoms with Gasteiger partial charge in [0, 0.05) is 26.2 Å². The fraction of sp³-hybridized carbons (Fsp3) is 0.400. The first-order valence-electron chi connectivity index (χ1n) is 5.36. The fourth-order valence-corrected chi connectivity index (χ4v) is 2.89. The SMILES string of the molecule is O=S(=O)(Nc1ccccc1O)N1CCNCC1. The van der Waals surface area contributed by atoms with Crippen LogP contribution >= 0.6 is 0 Å². The molecule has 0 unspecified atom stereocenters. The number of nitrogens with one attached hydrogen (secondary N) is 2. The molecule has 1 saturated heterocycles. The third kappa shape index (κ3) is 2.87. The number of anilines is 1. The van der Waals surface area contributed by atoms with E-state index in [1.54, 1.807) is 12.1 Å². The number of phenolic OH excluding ortho intramolecular Hbond substituents is 1. The molecular formula is C10H15N3O3S. The molecule has 0 spiro atoms. The fourth-order valence-electron chi connectivity index (χ4n) is 1.65. The first-order chi connectivity index (χ1) is 8.09. The third-order valence-electron chi connectivity index (χ3n) is 2.56. The lowest BCUT2D eigenvalue weighted by molar-refractivity contribution is 0.362. The molecule has 0 saturated carbocycles. The van der Waals surface area contributed by atoms with Crippen LogP contribution < -0.4 is 10.0 Å². The minimum Gasteiger partial charge on any atom is -0.506 e. The van der Waals surface area contributed by atoms with Gasteiger partial charge in [0.2, 0.25) is 0 Å². The van der Waals surface area contributed by atoms with Crippen LogP contribution in [0.3, 0.4) is 0 Å². The van der Waals surface area contributed by atoms with Crippen molar-refractivity contribution in [1.82, 2.24) is 9.62 Å². The molecule has 1 aliphatic rings. The molecule has 1 aromatic carbocycles. The molecule has 3 N–H and O–H groups in total. The van der Waals surface area contributed by atoms with Gasteiger partial charge in [-0.1, -0.05) is 12.1 Å². The lowest BCUT2D eigenvalue weighted by Crippen LogP contribution is -2.48. The molecule has 0 radical (unpaired) electrons. The molecule has 1 aromatic rings. The van der Waals surface area contributed by atoms with Crippen LogP contribution in [0.1, 0.15) is 0 Å². The van der Waals surface area contributed by atoms with Gasteiger partial charge in [0.25, 0.3) is 0 Å². The summed E-state index contributed by atoms with van der Waals surface area (Å²) in [6.45, 7) is 2.15. The first-order valence-corrected chi connectivity index (χ1v) is 6.80. The van der Waals surface area contributed by atoms with Gasteiger partial charge in [-0.05, 0) is 12.1 Å². The zero-order chi connectivity index (χ0) is 12.3. The summed E-state index contributed by atoms with van der Waals surface area (Å²) in [7, 11) is -3.58. The van der Waals surface area contributed by atoms with Gasteiger partial charge in [-0.3, -0.25) is 4.72 Å². The van der Waals surface area contributed by atoms with E-state index in [4.69, 9.17) is 0 Å². The summed E-state index contributed by atoms with van der Waals surface area (Å²) in [5.74, 6) is -0.0776. The van der Waals surface area contributed by atoms with Crippen molar-refractivity contribution in [1.29, 1.82) is 0 Å². The summed E-state index contributed by atoms with van der Waals surface area (Å²) in [6.07, 6.45) is 0. The van der Waals surface area contributed by atoms with Gasteiger partial charge in [-0.25, -0.2) is 0 Å². The number of rotatable bonds is 3. The zero-order valence-corrected chi connectivity index (χ0v) is 10.1. The van der Waals surface area contributed by atoms with Crippen molar-refractivity contribution in [2.75, 3.05) is 30.9 Å². The van der Waals surface area contributed by atoms with Crippen molar-refractivity contribution in [2.24, 2.45) is 0 Å². The highest BCUT2D eigenvalue weighted by molar-refractivity contribution is 7.90. The molecule has 17 heavy (non-hydrogen) atoms. The summed E-state index contributed by atoms with van der Waals surface area (Å²) < 4.78 is 27.7. The molecule has 0 amide bonds. The number of nitrogens with zero attached hydrogens (tertiary/aromatic N) is 1. The topological polar surface area (TPSA) is 81.7 Å². The van der Waals surface area contributed by atoms with E-state index in [2.05, 4.69) is 10.0 Å². The number of para-hydroxylation sites is 2. The van der Waals surface area contributed by atoms with Crippen molar-refractivity contribution in [3.05, 3.63) is 24.3 Å². The summed E-state index contributed by atoms with van der Waals surface area (Å²) in [6, 6.07) is 6.26. The van der Waals surface area contributed by atoms with Gasteiger partial charge in [0.1, 0.15) is 5.75 Å². The first kappa shape index (κ1) is 12.2. The lowest BCUT2D eigenvalue weighted by atomic mass is 10.3. The Balaban J connectivity index is 2.14. The standard InChI is InChI=1S/C10H15N3O3S/c14-10-4-2-1-3-9(10)12-17(15,16)13-7-5-11-6-8-13/h1-4,11-12,14H,5-8H2. The minimum absolute atomic E-state index is 0.0776. The molecule has 0 aromatic heterocycles. The molecule has 94 valence electrons. The van der Waals surface area contributed by atoms with Crippen molar-refractivity contribution < 1.29 is 13.5 Å². The maximum atomic E-state index is 12.0. The molecule has 0 aliphatic carbocycles. The van der Waals surface area contributed by atoms with Crippen LogP contribution in [0.5, 0.6) is 5.75 Å². The predicted molar refractivity (Wildman–Crippen MR) is 65.1 cm³/mol. The highest BCUT2D eigenvalue weighted by Gasteiger charge is 2.24. The van der Waals surface area contributed by atoms with Crippen LogP contribution in [0, 0.1) is 0 Å². The van der Waals surface area contributed by atoms with E-state index in [0.29, 0.717) is 26.2 Å². The monoisotopic (exact) mass is 257 g/mol. The number of aromatic hydroxyl groups is 1. The predicted octanol–water partition coefficient (Wildman–Crippen LogP) is -0.0459. The van der Waals surface area contributed by atoms with E-state index in [0.717, 1.165) is 0 Å². The molecule has 1 heterocycles. The second kappa shape index (κ2) is 4.91. The number of piperazine rings is 1. The molecule has 0 atom stereocenters. The van der Waals surface area contributed by atoms with Gasteiger partial charge >= 0.3 is 10.2 Å². The van der Waals surface area contributed by atoms with Gasteiger partial charge in [-0.15, -0.1) is 0 Å². The Morgan fingerprint density at radius 3 is 2.53 bits per heavy atom. The number of hydrogen-bond donors (Lipinski definition) is 3. The molecular weight excluding hydrogens is 242 g/mol. The minimum atomic E-state index is -3.58. The Bertz CT molecular complexity index is 483. The number of hydrogen-bond acceptors (Lipinski definition) is 4. The van der Waals surface area contributed by atoms with Crippen molar-refractivity contribution in [2.45, 2.75) is 0 Å². The van der Waals surface area contributed by atoms with Gasteiger partial charge in [0.15, 0.2) is 0 Å². The Morgan fingerprint density at radius 1 is 1.24 bits per heavy atom. The van der Waals surface area contributed by atoms with Crippen molar-refractivity contribution >= 4 is 15.9 Å². The maximum absolute atomic E-state index is 12.0. The second-order valence-corrected chi connectivity index (χ2v) is 5.44. The second-order valence-electron chi connectivity index (χ2n) is 3.77. The molecule has 7 heteroatoms. The van der Waals surface area contributed by atoms with E-state index in [1.807, 2.05) is 0 Å². The molecule has 2 rings (SSSR count). The van der Waals surface area contributed by atoms with Gasteiger partial charge in [-0.2, -0.15) is 12.7 Å². The largest absolute Gasteiger partial charge is 0.506 e. The molecule has 1 fully saturated rings. The van der Waals surface area contributed by atoms with Crippen LogP contribution in [0.2, 0.25) is 0 Å². The Hall–Kier alpha value is -1.31. The maximum Gasteiger partial charge on any atom is 0.301 e. The average Bonchev–Trinajstić information content (AvgIpc) is 2.33. The normalized spacial score (nSPS) is 17.9. The van der Waals surface area contributed by atoms with Crippen LogP contribution in [0.4, 0.5) is 5.69 Å². The average molecular weight is 257 g/mol. The Morgan fingerprint density at radius 2 is 1.88 bits per heavy atom. The molecule has 0 bridgehead atoms. The van der Waals surface area contributed by atoms with Crippen molar-refractivity contribution in [3.8, 4) is 5.75 Å². The smallest absolute Gasteiger partial charge is 0.301 e. The highest BCUT2D eigenvalue weighted by atomic mass is 32.2. The van der Waals surface area contributed by atoms with E-state index in [9.17, 15) is 13.5 Å². The summed E-state index contributed by atoms with van der Waals surface area (Å²) in [4.78, 5) is 0. The quantitative estimate of drug-likeness (QED) is 0.663. The van der Waals surface area contributed by atoms with E-state index in [1.165, 1.54) is 16.4 Å². The lowest BCUT2D eigenvalue weighted by Gasteiger charge is -2.26. The molecule has 6 nitrogen and oxygen atoms in total. The van der Waals surface area contributed by atoms with Gasteiger partial charge in [0.05, 0.1) is 5.69 Å². The van der Waals surface area contributed by atoms with E-state index < -0.39 is 10.2 Å². The summed E-state index contributed by atoms with van der Waals surface area (Å²) in [5.41, 5.74) is 0.200. The number of phenols is 1. The summed E-state index contributed by atoms with van der Waals surface area (Å²) in [5, 5.41) is 12.6. The Kier molecular flexibility index (Phi) is 3.51. The highest BCUT2D eigenvalue weighted by Crippen LogP contribution is 2.23.